The number of aryl methyl sites for hydroxylation is 2. The predicted molar refractivity (Wildman–Crippen MR) is 136 cm³/mol. The third kappa shape index (κ3) is 3.76. The molecule has 0 saturated heterocycles. The van der Waals surface area contributed by atoms with Crippen molar-refractivity contribution in [2.45, 2.75) is 19.8 Å². The molecule has 180 valence electrons. The molecular weight excluding hydrogens is 458 g/mol. The Hall–Kier alpha value is -4.92. The van der Waals surface area contributed by atoms with Crippen LogP contribution in [0, 0.1) is 24.0 Å². The summed E-state index contributed by atoms with van der Waals surface area (Å²) >= 11 is 0. The van der Waals surface area contributed by atoms with E-state index in [1.54, 1.807) is 56.3 Å². The molecule has 0 fully saturated rings. The number of hydrogen-bond donors (Lipinski definition) is 2. The second-order valence-corrected chi connectivity index (χ2v) is 8.50. The Morgan fingerprint density at radius 3 is 1.56 bits per heavy atom. The van der Waals surface area contributed by atoms with E-state index >= 15 is 0 Å². The molecule has 0 aliphatic carbocycles. The van der Waals surface area contributed by atoms with Crippen molar-refractivity contribution < 1.29 is 4.92 Å². The summed E-state index contributed by atoms with van der Waals surface area (Å²) in [6.45, 7) is 3.46. The van der Waals surface area contributed by atoms with Crippen molar-refractivity contribution in [3.63, 3.8) is 0 Å². The van der Waals surface area contributed by atoms with Gasteiger partial charge in [0.25, 0.3) is 16.8 Å². The maximum atomic E-state index is 13.8. The molecule has 0 amide bonds. The second kappa shape index (κ2) is 9.03. The second-order valence-electron chi connectivity index (χ2n) is 8.50. The number of H-pyrrole nitrogens is 2. The van der Waals surface area contributed by atoms with E-state index in [0.29, 0.717) is 22.8 Å². The lowest BCUT2D eigenvalue weighted by atomic mass is 9.84. The van der Waals surface area contributed by atoms with Crippen LogP contribution in [0.15, 0.2) is 94.5 Å². The van der Waals surface area contributed by atoms with E-state index in [2.05, 4.69) is 10.2 Å². The lowest BCUT2D eigenvalue weighted by Crippen LogP contribution is -2.25. The third-order valence-corrected chi connectivity index (χ3v) is 6.28. The van der Waals surface area contributed by atoms with E-state index in [1.165, 1.54) is 15.4 Å². The summed E-state index contributed by atoms with van der Waals surface area (Å²) in [5.74, 6) is -0.978. The van der Waals surface area contributed by atoms with Crippen LogP contribution in [0.1, 0.15) is 34.0 Å². The zero-order chi connectivity index (χ0) is 25.4. The van der Waals surface area contributed by atoms with Crippen LogP contribution < -0.4 is 11.1 Å². The van der Waals surface area contributed by atoms with Gasteiger partial charge < -0.3 is 0 Å². The average molecular weight is 482 g/mol. The van der Waals surface area contributed by atoms with Gasteiger partial charge in [-0.15, -0.1) is 0 Å². The number of hydrogen-bond acceptors (Lipinski definition) is 4. The van der Waals surface area contributed by atoms with Crippen molar-refractivity contribution in [3.8, 4) is 11.4 Å². The summed E-state index contributed by atoms with van der Waals surface area (Å²) < 4.78 is 2.79. The molecule has 0 bridgehead atoms. The Balaban J connectivity index is 1.83. The van der Waals surface area contributed by atoms with Crippen LogP contribution in [0.25, 0.3) is 11.4 Å². The van der Waals surface area contributed by atoms with Crippen LogP contribution in [0.5, 0.6) is 0 Å². The van der Waals surface area contributed by atoms with Gasteiger partial charge in [0, 0.05) is 23.0 Å². The molecule has 0 spiro atoms. The number of aromatic amines is 2. The Labute approximate surface area is 205 Å². The molecule has 0 aliphatic rings. The fraction of sp³-hybridized carbons (Fsp3) is 0.111. The van der Waals surface area contributed by atoms with Crippen LogP contribution in [-0.2, 0) is 0 Å². The highest BCUT2D eigenvalue weighted by molar-refractivity contribution is 5.54. The third-order valence-electron chi connectivity index (χ3n) is 6.28. The summed E-state index contributed by atoms with van der Waals surface area (Å²) in [4.78, 5) is 39.1. The standard InChI is InChI=1S/C27H23N5O4/c1-17-23(26(33)30(28-17)19-11-5-3-6-12-19)25(21-15-9-10-16-22(21)32(35)36)24-18(2)29-31(27(24)34)20-13-7-4-8-14-20/h3-16,25,28-29H,1-2H3. The highest BCUT2D eigenvalue weighted by atomic mass is 16.6. The number of aromatic nitrogens is 4. The van der Waals surface area contributed by atoms with E-state index in [9.17, 15) is 19.7 Å². The van der Waals surface area contributed by atoms with E-state index < -0.39 is 10.8 Å². The number of nitro groups is 1. The smallest absolute Gasteiger partial charge is 0.275 e. The lowest BCUT2D eigenvalue weighted by molar-refractivity contribution is -0.385. The maximum Gasteiger partial charge on any atom is 0.275 e. The van der Waals surface area contributed by atoms with Gasteiger partial charge in [-0.3, -0.25) is 29.9 Å². The maximum absolute atomic E-state index is 13.8. The SMILES string of the molecule is Cc1[nH]n(-c2ccccc2)c(=O)c1C(c1ccccc1[N+](=O)[O-])c1c(C)[nH]n(-c2ccccc2)c1=O. The van der Waals surface area contributed by atoms with Gasteiger partial charge in [-0.05, 0) is 38.1 Å². The van der Waals surface area contributed by atoms with Crippen LogP contribution in [0.3, 0.4) is 0 Å². The van der Waals surface area contributed by atoms with E-state index in [1.807, 2.05) is 36.4 Å². The predicted octanol–water partition coefficient (Wildman–Crippen LogP) is 4.35. The quantitative estimate of drug-likeness (QED) is 0.277. The van der Waals surface area contributed by atoms with Crippen molar-refractivity contribution >= 4 is 5.69 Å². The van der Waals surface area contributed by atoms with Crippen molar-refractivity contribution in [1.29, 1.82) is 0 Å². The first-order valence-electron chi connectivity index (χ1n) is 11.4. The molecule has 9 heteroatoms. The summed E-state index contributed by atoms with van der Waals surface area (Å²) in [5.41, 5.74) is 2.13. The molecular formula is C27H23N5O4. The van der Waals surface area contributed by atoms with Crippen molar-refractivity contribution in [1.82, 2.24) is 19.6 Å². The van der Waals surface area contributed by atoms with Gasteiger partial charge in [-0.1, -0.05) is 54.6 Å². The highest BCUT2D eigenvalue weighted by Crippen LogP contribution is 2.37. The normalized spacial score (nSPS) is 11.2. The van der Waals surface area contributed by atoms with Crippen molar-refractivity contribution in [2.75, 3.05) is 0 Å². The van der Waals surface area contributed by atoms with Gasteiger partial charge in [-0.25, -0.2) is 9.36 Å². The van der Waals surface area contributed by atoms with E-state index in [0.717, 1.165) is 0 Å². The van der Waals surface area contributed by atoms with Crippen LogP contribution in [-0.4, -0.2) is 24.5 Å². The molecule has 2 N–H and O–H groups in total. The monoisotopic (exact) mass is 481 g/mol. The largest absolute Gasteiger partial charge is 0.295 e. The van der Waals surface area contributed by atoms with Crippen molar-refractivity contribution in [3.05, 3.63) is 144 Å². The lowest BCUT2D eigenvalue weighted by Gasteiger charge is -2.16. The Bertz CT molecular complexity index is 1580. The number of para-hydroxylation sites is 3. The summed E-state index contributed by atoms with van der Waals surface area (Å²) in [7, 11) is 0. The Morgan fingerprint density at radius 2 is 1.11 bits per heavy atom. The van der Waals surface area contributed by atoms with E-state index in [4.69, 9.17) is 0 Å². The van der Waals surface area contributed by atoms with Crippen molar-refractivity contribution in [2.24, 2.45) is 0 Å². The van der Waals surface area contributed by atoms with Gasteiger partial charge in [0.05, 0.1) is 33.3 Å². The summed E-state index contributed by atoms with van der Waals surface area (Å²) in [6.07, 6.45) is 0. The number of benzene rings is 3. The topological polar surface area (TPSA) is 119 Å². The Kier molecular flexibility index (Phi) is 5.73. The number of nitro benzene ring substituents is 1. The minimum atomic E-state index is -0.978. The summed E-state index contributed by atoms with van der Waals surface area (Å²) in [6, 6.07) is 24.3. The highest BCUT2D eigenvalue weighted by Gasteiger charge is 2.34. The zero-order valence-corrected chi connectivity index (χ0v) is 19.6. The van der Waals surface area contributed by atoms with Crippen LogP contribution >= 0.6 is 0 Å². The van der Waals surface area contributed by atoms with Gasteiger partial charge >= 0.3 is 0 Å². The number of nitrogens with one attached hydrogen (secondary N) is 2. The van der Waals surface area contributed by atoms with E-state index in [-0.39, 0.29) is 33.5 Å². The van der Waals surface area contributed by atoms with Crippen LogP contribution in [0.2, 0.25) is 0 Å². The molecule has 0 radical (unpaired) electrons. The minimum absolute atomic E-state index is 0.167. The number of rotatable bonds is 6. The van der Waals surface area contributed by atoms with Gasteiger partial charge in [0.2, 0.25) is 0 Å². The molecule has 0 unspecified atom stereocenters. The molecule has 2 heterocycles. The number of nitrogens with zero attached hydrogens (tertiary/aromatic N) is 3. The molecule has 3 aromatic carbocycles. The molecule has 0 atom stereocenters. The first-order chi connectivity index (χ1) is 17.4. The van der Waals surface area contributed by atoms with Gasteiger partial charge in [0.15, 0.2) is 0 Å². The van der Waals surface area contributed by atoms with Gasteiger partial charge in [0.1, 0.15) is 0 Å². The molecule has 0 saturated carbocycles. The minimum Gasteiger partial charge on any atom is -0.295 e. The molecule has 0 aliphatic heterocycles. The Morgan fingerprint density at radius 1 is 0.694 bits per heavy atom. The summed E-state index contributed by atoms with van der Waals surface area (Å²) in [5, 5.41) is 18.2. The fourth-order valence-electron chi connectivity index (χ4n) is 4.67. The molecule has 2 aromatic heterocycles. The zero-order valence-electron chi connectivity index (χ0n) is 19.6. The fourth-order valence-corrected chi connectivity index (χ4v) is 4.67. The average Bonchev–Trinajstić information content (AvgIpc) is 3.36. The molecule has 36 heavy (non-hydrogen) atoms. The first kappa shape index (κ1) is 22.9. The molecule has 5 rings (SSSR count). The van der Waals surface area contributed by atoms with Crippen LogP contribution in [0.4, 0.5) is 5.69 Å². The van der Waals surface area contributed by atoms with Gasteiger partial charge in [-0.2, -0.15) is 0 Å². The molecule has 5 aromatic rings. The molecule has 9 nitrogen and oxygen atoms in total. The first-order valence-corrected chi connectivity index (χ1v) is 11.4.